The number of ether oxygens (including phenoxy) is 1. The van der Waals surface area contributed by atoms with Crippen molar-refractivity contribution in [1.82, 2.24) is 0 Å². The number of carbonyl (C=O) groups excluding carboxylic acids is 1. The van der Waals surface area contributed by atoms with Crippen LogP contribution >= 0.6 is 0 Å². The molecular weight excluding hydrogens is 210 g/mol. The number of rotatable bonds is 2. The zero-order valence-corrected chi connectivity index (χ0v) is 8.51. The van der Waals surface area contributed by atoms with Gasteiger partial charge in [-0.25, -0.2) is 9.79 Å². The lowest BCUT2D eigenvalue weighted by Crippen LogP contribution is -2.39. The fourth-order valence-electron chi connectivity index (χ4n) is 1.61. The highest BCUT2D eigenvalue weighted by Gasteiger charge is 2.35. The van der Waals surface area contributed by atoms with Gasteiger partial charge in [0.15, 0.2) is 17.6 Å². The molecule has 0 saturated carbocycles. The van der Waals surface area contributed by atoms with Crippen molar-refractivity contribution in [2.75, 3.05) is 7.11 Å². The predicted octanol–water partition coefficient (Wildman–Crippen LogP) is 1.05. The number of fused-ring (bicyclic) bond motifs is 1. The van der Waals surface area contributed by atoms with Crippen molar-refractivity contribution in [3.8, 4) is 0 Å². The topological polar surface area (TPSA) is 76.0 Å². The Bertz CT molecular complexity index is 493. The lowest BCUT2D eigenvalue weighted by Gasteiger charge is -2.19. The molecule has 5 nitrogen and oxygen atoms in total. The molecule has 0 radical (unpaired) electrons. The number of hydrogen-bond acceptors (Lipinski definition) is 4. The molecule has 0 aromatic heterocycles. The maximum Gasteiger partial charge on any atom is 0.353 e. The number of benzene rings is 1. The summed E-state index contributed by atoms with van der Waals surface area (Å²) in [7, 11) is 1.29. The van der Waals surface area contributed by atoms with Crippen LogP contribution in [0.5, 0.6) is 0 Å². The third-order valence-corrected chi connectivity index (χ3v) is 2.35. The molecule has 2 rings (SSSR count). The van der Waals surface area contributed by atoms with Gasteiger partial charge in [0, 0.05) is 12.7 Å². The summed E-state index contributed by atoms with van der Waals surface area (Å²) < 4.78 is 4.87. The van der Waals surface area contributed by atoms with E-state index in [9.17, 15) is 9.59 Å². The Kier molecular flexibility index (Phi) is 2.54. The second kappa shape index (κ2) is 3.86. The zero-order valence-electron chi connectivity index (χ0n) is 8.51. The Morgan fingerprint density at radius 1 is 1.44 bits per heavy atom. The van der Waals surface area contributed by atoms with E-state index in [1.54, 1.807) is 24.3 Å². The lowest BCUT2D eigenvalue weighted by molar-refractivity contribution is -0.129. The highest BCUT2D eigenvalue weighted by molar-refractivity contribution is 6.44. The van der Waals surface area contributed by atoms with Gasteiger partial charge in [0.05, 0.1) is 5.69 Å². The van der Waals surface area contributed by atoms with E-state index in [0.717, 1.165) is 0 Å². The molecule has 1 heterocycles. The van der Waals surface area contributed by atoms with E-state index in [4.69, 9.17) is 9.84 Å². The Hall–Kier alpha value is -2.01. The summed E-state index contributed by atoms with van der Waals surface area (Å²) in [5.41, 5.74) is 0.490. The first-order chi connectivity index (χ1) is 7.65. The van der Waals surface area contributed by atoms with Crippen molar-refractivity contribution in [2.45, 2.75) is 6.10 Å². The largest absolute Gasteiger partial charge is 0.477 e. The number of aliphatic imine (C=N–C) groups is 1. The first-order valence-electron chi connectivity index (χ1n) is 4.63. The lowest BCUT2D eigenvalue weighted by atomic mass is 9.97. The van der Waals surface area contributed by atoms with Gasteiger partial charge < -0.3 is 9.84 Å². The highest BCUT2D eigenvalue weighted by Crippen LogP contribution is 2.26. The van der Waals surface area contributed by atoms with Crippen LogP contribution < -0.4 is 0 Å². The van der Waals surface area contributed by atoms with E-state index in [-0.39, 0.29) is 11.5 Å². The molecule has 0 saturated heterocycles. The van der Waals surface area contributed by atoms with Crippen LogP contribution in [0.3, 0.4) is 0 Å². The molecule has 5 heteroatoms. The van der Waals surface area contributed by atoms with Crippen LogP contribution in [-0.4, -0.2) is 35.8 Å². The number of ketones is 1. The quantitative estimate of drug-likeness (QED) is 0.806. The number of carboxylic acid groups (broad SMARTS) is 1. The van der Waals surface area contributed by atoms with E-state index >= 15 is 0 Å². The van der Waals surface area contributed by atoms with Crippen molar-refractivity contribution in [3.05, 3.63) is 29.8 Å². The van der Waals surface area contributed by atoms with Gasteiger partial charge in [-0.15, -0.1) is 0 Å². The molecule has 16 heavy (non-hydrogen) atoms. The molecule has 1 N–H and O–H groups in total. The number of carbonyl (C=O) groups is 2. The Morgan fingerprint density at radius 2 is 2.12 bits per heavy atom. The normalized spacial score (nSPS) is 18.9. The summed E-state index contributed by atoms with van der Waals surface area (Å²) in [5, 5.41) is 8.92. The van der Waals surface area contributed by atoms with Crippen molar-refractivity contribution < 1.29 is 19.4 Å². The summed E-state index contributed by atoms with van der Waals surface area (Å²) in [6.07, 6.45) is -1.12. The molecule has 0 aliphatic carbocycles. The van der Waals surface area contributed by atoms with E-state index < -0.39 is 12.1 Å². The summed E-state index contributed by atoms with van der Waals surface area (Å²) in [5.74, 6) is -1.61. The summed E-state index contributed by atoms with van der Waals surface area (Å²) in [4.78, 5) is 26.7. The zero-order chi connectivity index (χ0) is 11.7. The standard InChI is InChI=1S/C11H9NO4/c1-16-10-8(11(14)15)12-7-5-3-2-4-6(7)9(10)13/h2-5,10H,1H3,(H,14,15). The molecule has 82 valence electrons. The Balaban J connectivity index is 2.60. The van der Waals surface area contributed by atoms with Crippen LogP contribution in [0.25, 0.3) is 0 Å². The number of carboxylic acids is 1. The maximum absolute atomic E-state index is 11.9. The van der Waals surface area contributed by atoms with Gasteiger partial charge in [0.25, 0.3) is 0 Å². The fourth-order valence-corrected chi connectivity index (χ4v) is 1.61. The first kappa shape index (κ1) is 10.5. The molecule has 0 spiro atoms. The van der Waals surface area contributed by atoms with E-state index in [2.05, 4.69) is 4.99 Å². The van der Waals surface area contributed by atoms with Gasteiger partial charge in [0.2, 0.25) is 0 Å². The molecule has 0 bridgehead atoms. The number of hydrogen-bond donors (Lipinski definition) is 1. The minimum absolute atomic E-state index is 0.272. The number of nitrogens with zero attached hydrogens (tertiary/aromatic N) is 1. The molecule has 1 aromatic rings. The molecular formula is C11H9NO4. The van der Waals surface area contributed by atoms with Gasteiger partial charge in [-0.05, 0) is 12.1 Å². The van der Waals surface area contributed by atoms with Gasteiger partial charge in [-0.1, -0.05) is 12.1 Å². The van der Waals surface area contributed by atoms with Gasteiger partial charge in [-0.3, -0.25) is 4.79 Å². The number of methoxy groups -OCH3 is 1. The molecule has 1 aliphatic heterocycles. The number of para-hydroxylation sites is 1. The SMILES string of the molecule is COC1C(=O)c2ccccc2N=C1C(=O)O. The first-order valence-corrected chi connectivity index (χ1v) is 4.63. The monoisotopic (exact) mass is 219 g/mol. The van der Waals surface area contributed by atoms with Crippen LogP contribution in [0.15, 0.2) is 29.3 Å². The van der Waals surface area contributed by atoms with Crippen molar-refractivity contribution in [2.24, 2.45) is 4.99 Å². The minimum atomic E-state index is -1.24. The second-order valence-electron chi connectivity index (χ2n) is 3.30. The van der Waals surface area contributed by atoms with Crippen molar-refractivity contribution in [1.29, 1.82) is 0 Å². The molecule has 1 aliphatic rings. The molecule has 1 atom stereocenters. The van der Waals surface area contributed by atoms with Crippen molar-refractivity contribution in [3.63, 3.8) is 0 Å². The molecule has 1 aromatic carbocycles. The third kappa shape index (κ3) is 1.51. The van der Waals surface area contributed by atoms with Crippen LogP contribution in [0, 0.1) is 0 Å². The Morgan fingerprint density at radius 3 is 2.75 bits per heavy atom. The van der Waals surface area contributed by atoms with Crippen LogP contribution in [0.2, 0.25) is 0 Å². The maximum atomic E-state index is 11.9. The van der Waals surface area contributed by atoms with Crippen LogP contribution in [0.4, 0.5) is 5.69 Å². The molecule has 1 unspecified atom stereocenters. The average molecular weight is 219 g/mol. The molecule has 0 amide bonds. The minimum Gasteiger partial charge on any atom is -0.477 e. The predicted molar refractivity (Wildman–Crippen MR) is 56.3 cm³/mol. The Labute approximate surface area is 91.4 Å². The number of Topliss-reactive ketones (excluding diaryl/α,β-unsaturated/α-hetero) is 1. The number of aliphatic carboxylic acids is 1. The highest BCUT2D eigenvalue weighted by atomic mass is 16.5. The van der Waals surface area contributed by atoms with E-state index in [1.807, 2.05) is 0 Å². The van der Waals surface area contributed by atoms with Crippen LogP contribution in [0.1, 0.15) is 10.4 Å². The average Bonchev–Trinajstić information content (AvgIpc) is 2.29. The summed E-state index contributed by atoms with van der Waals surface area (Å²) >= 11 is 0. The van der Waals surface area contributed by atoms with Gasteiger partial charge >= 0.3 is 5.97 Å². The third-order valence-electron chi connectivity index (χ3n) is 2.35. The summed E-state index contributed by atoms with van der Waals surface area (Å²) in [6, 6.07) is 6.60. The van der Waals surface area contributed by atoms with E-state index in [1.165, 1.54) is 7.11 Å². The van der Waals surface area contributed by atoms with Crippen molar-refractivity contribution >= 4 is 23.2 Å². The van der Waals surface area contributed by atoms with Gasteiger partial charge in [-0.2, -0.15) is 0 Å². The smallest absolute Gasteiger partial charge is 0.353 e. The van der Waals surface area contributed by atoms with Gasteiger partial charge in [0.1, 0.15) is 0 Å². The van der Waals surface area contributed by atoms with Crippen LogP contribution in [-0.2, 0) is 9.53 Å². The fraction of sp³-hybridized carbons (Fsp3) is 0.182. The van der Waals surface area contributed by atoms with E-state index in [0.29, 0.717) is 11.3 Å². The summed E-state index contributed by atoms with van der Waals surface area (Å²) in [6.45, 7) is 0. The molecule has 0 fully saturated rings. The second-order valence-corrected chi connectivity index (χ2v) is 3.30.